The third-order valence-corrected chi connectivity index (χ3v) is 2.63. The van der Waals surface area contributed by atoms with Crippen molar-refractivity contribution < 1.29 is 0 Å². The number of rotatable bonds is 4. The standard InChI is InChI=1S/C13H18N2/c1-3-8-15(2)10-12-9-11-6-4-5-7-13(11)14-12/h4-7,9,14H,3,8,10H2,1-2H3. The zero-order valence-electron chi connectivity index (χ0n) is 9.46. The van der Waals surface area contributed by atoms with Crippen LogP contribution in [-0.2, 0) is 6.54 Å². The Kier molecular flexibility index (Phi) is 3.07. The van der Waals surface area contributed by atoms with Gasteiger partial charge in [-0.25, -0.2) is 0 Å². The summed E-state index contributed by atoms with van der Waals surface area (Å²) in [4.78, 5) is 5.78. The molecule has 2 rings (SSSR count). The number of hydrogen-bond donors (Lipinski definition) is 1. The van der Waals surface area contributed by atoms with Crippen molar-refractivity contribution in [2.45, 2.75) is 19.9 Å². The van der Waals surface area contributed by atoms with Crippen LogP contribution in [0.25, 0.3) is 10.9 Å². The first kappa shape index (κ1) is 10.2. The van der Waals surface area contributed by atoms with E-state index in [9.17, 15) is 0 Å². The van der Waals surface area contributed by atoms with E-state index in [4.69, 9.17) is 0 Å². The van der Waals surface area contributed by atoms with E-state index in [0.717, 1.165) is 13.1 Å². The third-order valence-electron chi connectivity index (χ3n) is 2.63. The Labute approximate surface area is 90.9 Å². The van der Waals surface area contributed by atoms with Crippen molar-refractivity contribution in [1.82, 2.24) is 9.88 Å². The van der Waals surface area contributed by atoms with Crippen molar-refractivity contribution >= 4 is 10.9 Å². The molecule has 80 valence electrons. The van der Waals surface area contributed by atoms with E-state index < -0.39 is 0 Å². The molecule has 0 saturated heterocycles. The Morgan fingerprint density at radius 2 is 2.07 bits per heavy atom. The summed E-state index contributed by atoms with van der Waals surface area (Å²) >= 11 is 0. The van der Waals surface area contributed by atoms with Gasteiger partial charge in [0.05, 0.1) is 0 Å². The SMILES string of the molecule is CCCN(C)Cc1cc2ccccc2[nH]1. The summed E-state index contributed by atoms with van der Waals surface area (Å²) in [5.41, 5.74) is 2.53. The van der Waals surface area contributed by atoms with Gasteiger partial charge in [0.2, 0.25) is 0 Å². The van der Waals surface area contributed by atoms with Gasteiger partial charge in [-0.3, -0.25) is 0 Å². The number of fused-ring (bicyclic) bond motifs is 1. The van der Waals surface area contributed by atoms with Crippen LogP contribution in [0.1, 0.15) is 19.0 Å². The normalized spacial score (nSPS) is 11.4. The summed E-state index contributed by atoms with van der Waals surface area (Å²) in [6.45, 7) is 4.36. The summed E-state index contributed by atoms with van der Waals surface area (Å²) in [5.74, 6) is 0. The first-order valence-corrected chi connectivity index (χ1v) is 5.55. The van der Waals surface area contributed by atoms with Gasteiger partial charge in [-0.05, 0) is 37.5 Å². The maximum atomic E-state index is 3.44. The fourth-order valence-electron chi connectivity index (χ4n) is 1.97. The number of benzene rings is 1. The van der Waals surface area contributed by atoms with Gasteiger partial charge in [0.1, 0.15) is 0 Å². The number of hydrogen-bond acceptors (Lipinski definition) is 1. The van der Waals surface area contributed by atoms with Gasteiger partial charge in [0, 0.05) is 17.8 Å². The highest BCUT2D eigenvalue weighted by Gasteiger charge is 2.02. The van der Waals surface area contributed by atoms with Crippen molar-refractivity contribution in [3.05, 3.63) is 36.0 Å². The van der Waals surface area contributed by atoms with E-state index in [2.05, 4.69) is 54.2 Å². The highest BCUT2D eigenvalue weighted by molar-refractivity contribution is 5.80. The minimum absolute atomic E-state index is 1.00. The molecule has 0 radical (unpaired) electrons. The summed E-state index contributed by atoms with van der Waals surface area (Å²) < 4.78 is 0. The molecule has 0 amide bonds. The lowest BCUT2D eigenvalue weighted by Gasteiger charge is -2.13. The van der Waals surface area contributed by atoms with Crippen molar-refractivity contribution in [2.24, 2.45) is 0 Å². The van der Waals surface area contributed by atoms with Gasteiger partial charge in [-0.2, -0.15) is 0 Å². The fraction of sp³-hybridized carbons (Fsp3) is 0.385. The quantitative estimate of drug-likeness (QED) is 0.807. The number of nitrogens with zero attached hydrogens (tertiary/aromatic N) is 1. The molecule has 0 aliphatic carbocycles. The van der Waals surface area contributed by atoms with Gasteiger partial charge >= 0.3 is 0 Å². The van der Waals surface area contributed by atoms with Crippen LogP contribution in [0.15, 0.2) is 30.3 Å². The lowest BCUT2D eigenvalue weighted by molar-refractivity contribution is 0.324. The number of aromatic amines is 1. The van der Waals surface area contributed by atoms with Crippen molar-refractivity contribution in [3.8, 4) is 0 Å². The second-order valence-corrected chi connectivity index (χ2v) is 4.12. The number of para-hydroxylation sites is 1. The Hall–Kier alpha value is -1.28. The second kappa shape index (κ2) is 4.49. The summed E-state index contributed by atoms with van der Waals surface area (Å²) in [7, 11) is 2.16. The van der Waals surface area contributed by atoms with E-state index in [1.54, 1.807) is 0 Å². The average Bonchev–Trinajstić information content (AvgIpc) is 2.59. The van der Waals surface area contributed by atoms with Crippen LogP contribution in [0.3, 0.4) is 0 Å². The predicted molar refractivity (Wildman–Crippen MR) is 64.9 cm³/mol. The highest BCUT2D eigenvalue weighted by atomic mass is 15.1. The third kappa shape index (κ3) is 2.39. The minimum Gasteiger partial charge on any atom is -0.357 e. The number of nitrogens with one attached hydrogen (secondary N) is 1. The maximum Gasteiger partial charge on any atom is 0.0456 e. The van der Waals surface area contributed by atoms with Crippen LogP contribution in [0.4, 0.5) is 0 Å². The zero-order chi connectivity index (χ0) is 10.7. The molecule has 1 aromatic carbocycles. The van der Waals surface area contributed by atoms with Crippen LogP contribution < -0.4 is 0 Å². The first-order chi connectivity index (χ1) is 7.29. The predicted octanol–water partition coefficient (Wildman–Crippen LogP) is 3.01. The second-order valence-electron chi connectivity index (χ2n) is 4.12. The fourth-order valence-corrected chi connectivity index (χ4v) is 1.97. The number of H-pyrrole nitrogens is 1. The Morgan fingerprint density at radius 1 is 1.27 bits per heavy atom. The molecule has 1 N–H and O–H groups in total. The smallest absolute Gasteiger partial charge is 0.0456 e. The minimum atomic E-state index is 1.00. The summed E-state index contributed by atoms with van der Waals surface area (Å²) in [5, 5.41) is 1.30. The summed E-state index contributed by atoms with van der Waals surface area (Å²) in [6.07, 6.45) is 1.21. The van der Waals surface area contributed by atoms with Crippen LogP contribution in [0, 0.1) is 0 Å². The largest absolute Gasteiger partial charge is 0.357 e. The average molecular weight is 202 g/mol. The van der Waals surface area contributed by atoms with Crippen molar-refractivity contribution in [3.63, 3.8) is 0 Å². The molecule has 0 atom stereocenters. The molecule has 0 unspecified atom stereocenters. The van der Waals surface area contributed by atoms with E-state index in [-0.39, 0.29) is 0 Å². The van der Waals surface area contributed by atoms with Crippen LogP contribution >= 0.6 is 0 Å². The lowest BCUT2D eigenvalue weighted by Crippen LogP contribution is -2.18. The molecule has 1 aromatic heterocycles. The molecular formula is C13H18N2. The van der Waals surface area contributed by atoms with Crippen LogP contribution in [-0.4, -0.2) is 23.5 Å². The molecule has 2 nitrogen and oxygen atoms in total. The molecule has 2 heteroatoms. The molecule has 0 bridgehead atoms. The van der Waals surface area contributed by atoms with Gasteiger partial charge in [0.25, 0.3) is 0 Å². The molecule has 1 heterocycles. The zero-order valence-corrected chi connectivity index (χ0v) is 9.46. The van der Waals surface area contributed by atoms with E-state index in [1.165, 1.54) is 23.0 Å². The number of aromatic nitrogens is 1. The highest BCUT2D eigenvalue weighted by Crippen LogP contribution is 2.15. The summed E-state index contributed by atoms with van der Waals surface area (Å²) in [6, 6.07) is 10.7. The molecule has 0 saturated carbocycles. The Bertz CT molecular complexity index is 398. The Morgan fingerprint density at radius 3 is 2.80 bits per heavy atom. The molecule has 0 fully saturated rings. The van der Waals surface area contributed by atoms with Gasteiger partial charge in [0.15, 0.2) is 0 Å². The molecule has 0 aliphatic heterocycles. The topological polar surface area (TPSA) is 19.0 Å². The van der Waals surface area contributed by atoms with Crippen LogP contribution in [0.2, 0.25) is 0 Å². The molecule has 0 aliphatic rings. The monoisotopic (exact) mass is 202 g/mol. The van der Waals surface area contributed by atoms with Gasteiger partial charge in [-0.15, -0.1) is 0 Å². The molecule has 15 heavy (non-hydrogen) atoms. The first-order valence-electron chi connectivity index (χ1n) is 5.55. The van der Waals surface area contributed by atoms with E-state index in [0.29, 0.717) is 0 Å². The maximum absolute atomic E-state index is 3.44. The van der Waals surface area contributed by atoms with Crippen molar-refractivity contribution in [2.75, 3.05) is 13.6 Å². The molecule has 0 spiro atoms. The van der Waals surface area contributed by atoms with Crippen molar-refractivity contribution in [1.29, 1.82) is 0 Å². The lowest BCUT2D eigenvalue weighted by atomic mass is 10.2. The molecular weight excluding hydrogens is 184 g/mol. The molecule has 2 aromatic rings. The Balaban J connectivity index is 2.15. The van der Waals surface area contributed by atoms with Gasteiger partial charge < -0.3 is 9.88 Å². The van der Waals surface area contributed by atoms with E-state index >= 15 is 0 Å². The van der Waals surface area contributed by atoms with Gasteiger partial charge in [-0.1, -0.05) is 25.1 Å². The van der Waals surface area contributed by atoms with E-state index in [1.807, 2.05) is 0 Å². The van der Waals surface area contributed by atoms with Crippen LogP contribution in [0.5, 0.6) is 0 Å².